The first-order valence-electron chi connectivity index (χ1n) is 6.14. The molecular formula is C13H21N3. The lowest BCUT2D eigenvalue weighted by Crippen LogP contribution is -2.38. The number of aromatic nitrogens is 1. The summed E-state index contributed by atoms with van der Waals surface area (Å²) in [5.41, 5.74) is 9.32. The maximum absolute atomic E-state index is 5.79. The van der Waals surface area contributed by atoms with Crippen LogP contribution in [0.2, 0.25) is 0 Å². The molecule has 0 aliphatic carbocycles. The summed E-state index contributed by atoms with van der Waals surface area (Å²) >= 11 is 0. The van der Waals surface area contributed by atoms with Gasteiger partial charge >= 0.3 is 0 Å². The number of rotatable bonds is 2. The van der Waals surface area contributed by atoms with Crippen LogP contribution >= 0.6 is 0 Å². The predicted octanol–water partition coefficient (Wildman–Crippen LogP) is 2.23. The third-order valence-electron chi connectivity index (χ3n) is 3.43. The number of anilines is 1. The van der Waals surface area contributed by atoms with Crippen molar-refractivity contribution in [1.29, 1.82) is 0 Å². The van der Waals surface area contributed by atoms with Crippen molar-refractivity contribution >= 4 is 5.69 Å². The quantitative estimate of drug-likeness (QED) is 0.829. The predicted molar refractivity (Wildman–Crippen MR) is 67.5 cm³/mol. The second-order valence-corrected chi connectivity index (χ2v) is 4.70. The van der Waals surface area contributed by atoms with Crippen LogP contribution in [0.3, 0.4) is 0 Å². The fraction of sp³-hybridized carbons (Fsp3) is 0.615. The average Bonchev–Trinajstić information content (AvgIpc) is 2.29. The van der Waals surface area contributed by atoms with Gasteiger partial charge in [-0.25, -0.2) is 0 Å². The van der Waals surface area contributed by atoms with Crippen molar-refractivity contribution < 1.29 is 0 Å². The van der Waals surface area contributed by atoms with E-state index in [2.05, 4.69) is 22.9 Å². The van der Waals surface area contributed by atoms with Crippen molar-refractivity contribution in [3.63, 3.8) is 0 Å². The van der Waals surface area contributed by atoms with Crippen LogP contribution in [0.15, 0.2) is 12.3 Å². The molecule has 2 rings (SSSR count). The van der Waals surface area contributed by atoms with E-state index in [1.165, 1.54) is 30.5 Å². The highest BCUT2D eigenvalue weighted by atomic mass is 15.2. The van der Waals surface area contributed by atoms with Gasteiger partial charge in [0.05, 0.1) is 0 Å². The van der Waals surface area contributed by atoms with E-state index in [1.807, 2.05) is 13.1 Å². The molecule has 1 fully saturated rings. The SMILES string of the molecule is Cc1cc(N2CCCCC2C)c(CN)cn1. The van der Waals surface area contributed by atoms with Crippen LogP contribution in [0.4, 0.5) is 5.69 Å². The molecule has 3 heteroatoms. The highest BCUT2D eigenvalue weighted by Crippen LogP contribution is 2.27. The van der Waals surface area contributed by atoms with Crippen LogP contribution in [0.1, 0.15) is 37.4 Å². The van der Waals surface area contributed by atoms with E-state index in [-0.39, 0.29) is 0 Å². The second kappa shape index (κ2) is 4.83. The van der Waals surface area contributed by atoms with Gasteiger partial charge in [0.15, 0.2) is 0 Å². The molecule has 1 unspecified atom stereocenters. The monoisotopic (exact) mass is 219 g/mol. The summed E-state index contributed by atoms with van der Waals surface area (Å²) in [5.74, 6) is 0. The topological polar surface area (TPSA) is 42.1 Å². The maximum atomic E-state index is 5.79. The molecule has 0 saturated carbocycles. The second-order valence-electron chi connectivity index (χ2n) is 4.70. The largest absolute Gasteiger partial charge is 0.368 e. The van der Waals surface area contributed by atoms with Gasteiger partial charge in [-0.1, -0.05) is 0 Å². The first kappa shape index (κ1) is 11.4. The van der Waals surface area contributed by atoms with Gasteiger partial charge in [0.1, 0.15) is 0 Å². The Kier molecular flexibility index (Phi) is 3.44. The highest BCUT2D eigenvalue weighted by Gasteiger charge is 2.20. The minimum Gasteiger partial charge on any atom is -0.368 e. The Hall–Kier alpha value is -1.09. The van der Waals surface area contributed by atoms with Crippen molar-refractivity contribution in [3.8, 4) is 0 Å². The first-order chi connectivity index (χ1) is 7.72. The van der Waals surface area contributed by atoms with Crippen LogP contribution < -0.4 is 10.6 Å². The summed E-state index contributed by atoms with van der Waals surface area (Å²) < 4.78 is 0. The van der Waals surface area contributed by atoms with Gasteiger partial charge < -0.3 is 10.6 Å². The number of aryl methyl sites for hydroxylation is 1. The van der Waals surface area contributed by atoms with Crippen molar-refractivity contribution in [3.05, 3.63) is 23.5 Å². The fourth-order valence-corrected chi connectivity index (χ4v) is 2.45. The molecule has 0 spiro atoms. The van der Waals surface area contributed by atoms with Crippen molar-refractivity contribution in [2.75, 3.05) is 11.4 Å². The van der Waals surface area contributed by atoms with Crippen molar-refractivity contribution in [1.82, 2.24) is 4.98 Å². The average molecular weight is 219 g/mol. The third kappa shape index (κ3) is 2.19. The van der Waals surface area contributed by atoms with E-state index in [0.717, 1.165) is 12.2 Å². The number of piperidine rings is 1. The number of pyridine rings is 1. The molecule has 16 heavy (non-hydrogen) atoms. The van der Waals surface area contributed by atoms with Gasteiger partial charge in [0.2, 0.25) is 0 Å². The van der Waals surface area contributed by atoms with Gasteiger partial charge in [-0.2, -0.15) is 0 Å². The molecule has 1 aromatic heterocycles. The minimum absolute atomic E-state index is 0.575. The molecule has 2 N–H and O–H groups in total. The van der Waals surface area contributed by atoms with E-state index in [0.29, 0.717) is 12.6 Å². The molecule has 3 nitrogen and oxygen atoms in total. The van der Waals surface area contributed by atoms with Crippen molar-refractivity contribution in [2.24, 2.45) is 5.73 Å². The molecule has 88 valence electrons. The van der Waals surface area contributed by atoms with E-state index in [4.69, 9.17) is 5.73 Å². The van der Waals surface area contributed by atoms with Gasteiger partial charge in [-0.3, -0.25) is 4.98 Å². The van der Waals surface area contributed by atoms with E-state index >= 15 is 0 Å². The normalized spacial score (nSPS) is 21.2. The Bertz CT molecular complexity index is 362. The lowest BCUT2D eigenvalue weighted by molar-refractivity contribution is 0.483. The van der Waals surface area contributed by atoms with Gasteiger partial charge in [0, 0.05) is 42.3 Å². The van der Waals surface area contributed by atoms with Crippen LogP contribution in [-0.4, -0.2) is 17.6 Å². The fourth-order valence-electron chi connectivity index (χ4n) is 2.45. The summed E-state index contributed by atoms with van der Waals surface area (Å²) in [7, 11) is 0. The highest BCUT2D eigenvalue weighted by molar-refractivity contribution is 5.54. The van der Waals surface area contributed by atoms with Crippen LogP contribution in [-0.2, 0) is 6.54 Å². The zero-order valence-corrected chi connectivity index (χ0v) is 10.2. The van der Waals surface area contributed by atoms with E-state index in [1.54, 1.807) is 0 Å². The minimum atomic E-state index is 0.575. The summed E-state index contributed by atoms with van der Waals surface area (Å²) in [6, 6.07) is 2.80. The van der Waals surface area contributed by atoms with Crippen LogP contribution in [0.5, 0.6) is 0 Å². The molecule has 0 amide bonds. The summed E-state index contributed by atoms with van der Waals surface area (Å²) in [4.78, 5) is 6.81. The molecule has 1 atom stereocenters. The molecule has 1 aliphatic heterocycles. The molecule has 2 heterocycles. The summed E-state index contributed by atoms with van der Waals surface area (Å²) in [6.07, 6.45) is 5.84. The lowest BCUT2D eigenvalue weighted by atomic mass is 10.0. The van der Waals surface area contributed by atoms with Gasteiger partial charge in [-0.05, 0) is 39.2 Å². The van der Waals surface area contributed by atoms with Crippen LogP contribution in [0.25, 0.3) is 0 Å². The number of nitrogens with two attached hydrogens (primary N) is 1. The van der Waals surface area contributed by atoms with Crippen molar-refractivity contribution in [2.45, 2.75) is 45.7 Å². The third-order valence-corrected chi connectivity index (χ3v) is 3.43. The van der Waals surface area contributed by atoms with E-state index in [9.17, 15) is 0 Å². The van der Waals surface area contributed by atoms with Gasteiger partial charge in [-0.15, -0.1) is 0 Å². The number of hydrogen-bond donors (Lipinski definition) is 1. The molecule has 1 aromatic rings. The van der Waals surface area contributed by atoms with Crippen LogP contribution in [0, 0.1) is 6.92 Å². The number of nitrogens with zero attached hydrogens (tertiary/aromatic N) is 2. The zero-order chi connectivity index (χ0) is 11.5. The molecule has 1 aliphatic rings. The Labute approximate surface area is 97.7 Å². The summed E-state index contributed by atoms with van der Waals surface area (Å²) in [6.45, 7) is 6.07. The Morgan fingerprint density at radius 3 is 3.00 bits per heavy atom. The smallest absolute Gasteiger partial charge is 0.0447 e. The summed E-state index contributed by atoms with van der Waals surface area (Å²) in [5, 5.41) is 0. The zero-order valence-electron chi connectivity index (χ0n) is 10.2. The Balaban J connectivity index is 2.33. The standard InChI is InChI=1S/C13H21N3/c1-10-7-13(12(8-14)9-15-10)16-6-4-3-5-11(16)2/h7,9,11H,3-6,8,14H2,1-2H3. The number of hydrogen-bond acceptors (Lipinski definition) is 3. The van der Waals surface area contributed by atoms with E-state index < -0.39 is 0 Å². The van der Waals surface area contributed by atoms with Gasteiger partial charge in [0.25, 0.3) is 0 Å². The molecule has 0 radical (unpaired) electrons. The molecule has 0 bridgehead atoms. The Morgan fingerprint density at radius 1 is 1.50 bits per heavy atom. The molecular weight excluding hydrogens is 198 g/mol. The first-order valence-corrected chi connectivity index (χ1v) is 6.14. The molecule has 1 saturated heterocycles. The maximum Gasteiger partial charge on any atom is 0.0447 e. The lowest BCUT2D eigenvalue weighted by Gasteiger charge is -2.36. The molecule has 0 aromatic carbocycles. The Morgan fingerprint density at radius 2 is 2.31 bits per heavy atom.